The third-order valence-corrected chi connectivity index (χ3v) is 1.71. The summed E-state index contributed by atoms with van der Waals surface area (Å²) < 4.78 is 0. The van der Waals surface area contributed by atoms with E-state index in [0.29, 0.717) is 11.4 Å². The Morgan fingerprint density at radius 1 is 1.07 bits per heavy atom. The maximum Gasteiger partial charge on any atom is 0.247 e. The van der Waals surface area contributed by atoms with Gasteiger partial charge in [-0.25, -0.2) is 0 Å². The minimum absolute atomic E-state index is 0.0451. The number of pyridine rings is 1. The second kappa shape index (κ2) is 3.37. The molecule has 0 amide bonds. The molecule has 0 aromatic carbocycles. The van der Waals surface area contributed by atoms with Gasteiger partial charge in [0, 0.05) is 17.8 Å². The molecule has 0 radical (unpaired) electrons. The van der Waals surface area contributed by atoms with E-state index in [1.165, 1.54) is 12.3 Å². The molecule has 7 heteroatoms. The fourth-order valence-electron chi connectivity index (χ4n) is 1.09. The monoisotopic (exact) mass is 204 g/mol. The van der Waals surface area contributed by atoms with E-state index in [9.17, 15) is 4.79 Å². The van der Waals surface area contributed by atoms with Crippen LogP contribution in [0.5, 0.6) is 0 Å². The van der Waals surface area contributed by atoms with Crippen molar-refractivity contribution in [2.75, 3.05) is 11.5 Å². The van der Waals surface area contributed by atoms with Crippen molar-refractivity contribution >= 4 is 11.9 Å². The summed E-state index contributed by atoms with van der Waals surface area (Å²) in [5, 5.41) is 0. The van der Waals surface area contributed by atoms with Crippen molar-refractivity contribution in [3.05, 3.63) is 28.7 Å². The predicted octanol–water partition coefficient (Wildman–Crippen LogP) is -0.609. The van der Waals surface area contributed by atoms with Crippen molar-refractivity contribution in [1.82, 2.24) is 19.9 Å². The molecule has 0 aliphatic carbocycles. The van der Waals surface area contributed by atoms with E-state index < -0.39 is 0 Å². The molecule has 7 nitrogen and oxygen atoms in total. The minimum atomic E-state index is -0.200. The molecular weight excluding hydrogens is 196 g/mol. The van der Waals surface area contributed by atoms with E-state index >= 15 is 0 Å². The van der Waals surface area contributed by atoms with E-state index in [1.54, 1.807) is 6.07 Å². The van der Waals surface area contributed by atoms with E-state index in [-0.39, 0.29) is 17.5 Å². The average Bonchev–Trinajstić information content (AvgIpc) is 2.17. The molecule has 0 spiro atoms. The first kappa shape index (κ1) is 9.13. The van der Waals surface area contributed by atoms with Gasteiger partial charge < -0.3 is 16.5 Å². The zero-order valence-electron chi connectivity index (χ0n) is 7.64. The molecule has 5 N–H and O–H groups in total. The van der Waals surface area contributed by atoms with Gasteiger partial charge in [-0.15, -0.1) is 0 Å². The number of nitrogen functional groups attached to an aromatic ring is 2. The molecule has 2 aromatic heterocycles. The Morgan fingerprint density at radius 2 is 1.73 bits per heavy atom. The van der Waals surface area contributed by atoms with Gasteiger partial charge in [0.15, 0.2) is 5.82 Å². The van der Waals surface area contributed by atoms with Crippen molar-refractivity contribution in [3.63, 3.8) is 0 Å². The summed E-state index contributed by atoms with van der Waals surface area (Å²) in [6.07, 6.45) is 1.48. The molecule has 76 valence electrons. The first-order valence-electron chi connectivity index (χ1n) is 4.11. The van der Waals surface area contributed by atoms with Gasteiger partial charge in [0.1, 0.15) is 0 Å². The highest BCUT2D eigenvalue weighted by atomic mass is 16.1. The number of anilines is 2. The lowest BCUT2D eigenvalue weighted by Gasteiger charge is -2.00. The quantitative estimate of drug-likeness (QED) is 0.569. The topological polar surface area (TPSA) is 124 Å². The number of nitrogens with zero attached hydrogens (tertiary/aromatic N) is 3. The fraction of sp³-hybridized carbons (Fsp3) is 0. The Hall–Kier alpha value is -2.44. The molecule has 2 heterocycles. The number of hydrogen-bond donors (Lipinski definition) is 3. The molecule has 2 aromatic rings. The first-order chi connectivity index (χ1) is 7.15. The number of rotatable bonds is 1. The fourth-order valence-corrected chi connectivity index (χ4v) is 1.09. The number of nitrogens with one attached hydrogen (secondary N) is 1. The molecule has 0 bridgehead atoms. The molecule has 0 atom stereocenters. The van der Waals surface area contributed by atoms with Gasteiger partial charge in [-0.2, -0.15) is 15.0 Å². The zero-order chi connectivity index (χ0) is 10.8. The summed E-state index contributed by atoms with van der Waals surface area (Å²) in [4.78, 5) is 24.7. The normalized spacial score (nSPS) is 10.1. The van der Waals surface area contributed by atoms with Crippen LogP contribution in [0.1, 0.15) is 0 Å². The van der Waals surface area contributed by atoms with Gasteiger partial charge in [0.05, 0.1) is 0 Å². The van der Waals surface area contributed by atoms with Crippen LogP contribution in [0.4, 0.5) is 11.9 Å². The Bertz CT molecular complexity index is 508. The van der Waals surface area contributed by atoms with Gasteiger partial charge in [0.2, 0.25) is 17.5 Å². The first-order valence-corrected chi connectivity index (χ1v) is 4.11. The molecule has 0 unspecified atom stereocenters. The summed E-state index contributed by atoms with van der Waals surface area (Å²) in [5.74, 6) is 0.420. The van der Waals surface area contributed by atoms with Crippen molar-refractivity contribution < 1.29 is 0 Å². The molecule has 0 fully saturated rings. The Morgan fingerprint density at radius 3 is 2.27 bits per heavy atom. The lowest BCUT2D eigenvalue weighted by Crippen LogP contribution is -2.06. The number of aromatic nitrogens is 4. The molecule has 0 saturated heterocycles. The van der Waals surface area contributed by atoms with Crippen molar-refractivity contribution in [3.8, 4) is 11.4 Å². The number of aromatic amines is 1. The van der Waals surface area contributed by atoms with Crippen molar-refractivity contribution in [2.24, 2.45) is 0 Å². The average molecular weight is 204 g/mol. The molecule has 2 rings (SSSR count). The summed E-state index contributed by atoms with van der Waals surface area (Å²) in [6, 6.07) is 2.94. The zero-order valence-corrected chi connectivity index (χ0v) is 7.64. The van der Waals surface area contributed by atoms with Crippen LogP contribution >= 0.6 is 0 Å². The van der Waals surface area contributed by atoms with Crippen molar-refractivity contribution in [2.45, 2.75) is 0 Å². The smallest absolute Gasteiger partial charge is 0.247 e. The summed E-state index contributed by atoms with van der Waals surface area (Å²) in [6.45, 7) is 0. The van der Waals surface area contributed by atoms with E-state index in [2.05, 4.69) is 19.9 Å². The molecule has 15 heavy (non-hydrogen) atoms. The SMILES string of the molecule is Nc1nc(N)nc(-c2ccc(=O)[nH]c2)n1. The molecule has 0 aliphatic heterocycles. The van der Waals surface area contributed by atoms with Gasteiger partial charge in [-0.05, 0) is 6.07 Å². The Kier molecular flexibility index (Phi) is 2.05. The lowest BCUT2D eigenvalue weighted by atomic mass is 10.3. The van der Waals surface area contributed by atoms with Gasteiger partial charge in [-0.1, -0.05) is 0 Å². The van der Waals surface area contributed by atoms with Crippen LogP contribution in [0.3, 0.4) is 0 Å². The van der Waals surface area contributed by atoms with Crippen LogP contribution in [-0.2, 0) is 0 Å². The number of hydrogen-bond acceptors (Lipinski definition) is 6. The predicted molar refractivity (Wildman–Crippen MR) is 54.7 cm³/mol. The number of H-pyrrole nitrogens is 1. The van der Waals surface area contributed by atoms with Gasteiger partial charge in [0.25, 0.3) is 0 Å². The molecule has 0 saturated carbocycles. The Balaban J connectivity index is 2.53. The van der Waals surface area contributed by atoms with Crippen LogP contribution in [0, 0.1) is 0 Å². The van der Waals surface area contributed by atoms with E-state index in [4.69, 9.17) is 11.5 Å². The summed E-state index contributed by atoms with van der Waals surface area (Å²) in [7, 11) is 0. The van der Waals surface area contributed by atoms with Crippen molar-refractivity contribution in [1.29, 1.82) is 0 Å². The highest BCUT2D eigenvalue weighted by molar-refractivity contribution is 5.55. The van der Waals surface area contributed by atoms with Crippen LogP contribution in [0.25, 0.3) is 11.4 Å². The van der Waals surface area contributed by atoms with E-state index in [1.807, 2.05) is 0 Å². The molecular formula is C8H8N6O. The third kappa shape index (κ3) is 1.90. The highest BCUT2D eigenvalue weighted by Gasteiger charge is 2.04. The largest absolute Gasteiger partial charge is 0.368 e. The highest BCUT2D eigenvalue weighted by Crippen LogP contribution is 2.12. The van der Waals surface area contributed by atoms with Crippen LogP contribution in [0.15, 0.2) is 23.1 Å². The van der Waals surface area contributed by atoms with E-state index in [0.717, 1.165) is 0 Å². The van der Waals surface area contributed by atoms with Crippen LogP contribution in [-0.4, -0.2) is 19.9 Å². The van der Waals surface area contributed by atoms with Crippen LogP contribution < -0.4 is 17.0 Å². The second-order valence-corrected chi connectivity index (χ2v) is 2.82. The maximum absolute atomic E-state index is 10.8. The third-order valence-electron chi connectivity index (χ3n) is 1.71. The molecule has 0 aliphatic rings. The standard InChI is InChI=1S/C8H8N6O/c9-7-12-6(13-8(10)14-7)4-1-2-5(15)11-3-4/h1-3H,(H,11,15)(H4,9,10,12,13,14). The van der Waals surface area contributed by atoms with Crippen LogP contribution in [0.2, 0.25) is 0 Å². The Labute approximate surface area is 84.2 Å². The number of nitrogens with two attached hydrogens (primary N) is 2. The maximum atomic E-state index is 10.8. The lowest BCUT2D eigenvalue weighted by molar-refractivity contribution is 1.08. The summed E-state index contributed by atoms with van der Waals surface area (Å²) in [5.41, 5.74) is 11.2. The van der Waals surface area contributed by atoms with Gasteiger partial charge >= 0.3 is 0 Å². The minimum Gasteiger partial charge on any atom is -0.368 e. The summed E-state index contributed by atoms with van der Waals surface area (Å²) >= 11 is 0. The second-order valence-electron chi connectivity index (χ2n) is 2.82. The van der Waals surface area contributed by atoms with Gasteiger partial charge in [-0.3, -0.25) is 4.79 Å².